The molecule has 0 saturated carbocycles. The number of halogens is 1. The minimum atomic E-state index is -4.00. The molecular formula is C14H13FN2O4S. The number of aryl methyl sites for hydroxylation is 1. The van der Waals surface area contributed by atoms with Gasteiger partial charge in [0, 0.05) is 19.2 Å². The molecule has 8 heteroatoms. The molecule has 0 aliphatic rings. The van der Waals surface area contributed by atoms with E-state index < -0.39 is 26.5 Å². The Labute approximate surface area is 127 Å². The van der Waals surface area contributed by atoms with Gasteiger partial charge in [0.2, 0.25) is 5.82 Å². The molecule has 0 N–H and O–H groups in total. The zero-order chi connectivity index (χ0) is 16.5. The van der Waals surface area contributed by atoms with Crippen LogP contribution in [0.2, 0.25) is 0 Å². The van der Waals surface area contributed by atoms with Gasteiger partial charge in [-0.05, 0) is 30.7 Å². The number of hydrogen-bond acceptors (Lipinski definition) is 4. The summed E-state index contributed by atoms with van der Waals surface area (Å²) in [7, 11) is -2.67. The van der Waals surface area contributed by atoms with Gasteiger partial charge in [0.05, 0.1) is 15.5 Å². The third-order valence-corrected chi connectivity index (χ3v) is 4.92. The fraction of sp³-hybridized carbons (Fsp3) is 0.143. The lowest BCUT2D eigenvalue weighted by Gasteiger charge is -2.19. The molecule has 0 unspecified atom stereocenters. The molecule has 22 heavy (non-hydrogen) atoms. The highest BCUT2D eigenvalue weighted by atomic mass is 32.2. The summed E-state index contributed by atoms with van der Waals surface area (Å²) in [5, 5.41) is 10.6. The van der Waals surface area contributed by atoms with Crippen molar-refractivity contribution in [3.05, 3.63) is 64.0 Å². The summed E-state index contributed by atoms with van der Waals surface area (Å²) < 4.78 is 39.6. The Morgan fingerprint density at radius 2 is 1.86 bits per heavy atom. The number of sulfonamides is 1. The van der Waals surface area contributed by atoms with Crippen molar-refractivity contribution in [3.8, 4) is 0 Å². The number of nitro benzene ring substituents is 1. The van der Waals surface area contributed by atoms with E-state index in [4.69, 9.17) is 0 Å². The van der Waals surface area contributed by atoms with Gasteiger partial charge in [0.1, 0.15) is 0 Å². The summed E-state index contributed by atoms with van der Waals surface area (Å²) >= 11 is 0. The van der Waals surface area contributed by atoms with Crippen LogP contribution >= 0.6 is 0 Å². The SMILES string of the molecule is Cc1cccc(N(C)S(=O)(=O)c2ccc([N+](=O)[O-])c(F)c2)c1. The first-order valence-electron chi connectivity index (χ1n) is 6.23. The van der Waals surface area contributed by atoms with Gasteiger partial charge in [-0.2, -0.15) is 4.39 Å². The number of hydrogen-bond donors (Lipinski definition) is 0. The van der Waals surface area contributed by atoms with Gasteiger partial charge in [-0.1, -0.05) is 12.1 Å². The van der Waals surface area contributed by atoms with E-state index >= 15 is 0 Å². The van der Waals surface area contributed by atoms with Crippen molar-refractivity contribution in [1.82, 2.24) is 0 Å². The standard InChI is InChI=1S/C14H13FN2O4S/c1-10-4-3-5-11(8-10)16(2)22(20,21)12-6-7-14(17(18)19)13(15)9-12/h3-9H,1-2H3. The van der Waals surface area contributed by atoms with E-state index in [1.807, 2.05) is 13.0 Å². The fourth-order valence-corrected chi connectivity index (χ4v) is 3.12. The van der Waals surface area contributed by atoms with Crippen LogP contribution in [-0.4, -0.2) is 20.4 Å². The number of rotatable bonds is 4. The van der Waals surface area contributed by atoms with Crippen molar-refractivity contribution in [3.63, 3.8) is 0 Å². The molecule has 2 rings (SSSR count). The van der Waals surface area contributed by atoms with Crippen LogP contribution in [0.25, 0.3) is 0 Å². The second kappa shape index (κ2) is 5.72. The lowest BCUT2D eigenvalue weighted by molar-refractivity contribution is -0.387. The molecule has 0 radical (unpaired) electrons. The van der Waals surface area contributed by atoms with Crippen LogP contribution in [0.5, 0.6) is 0 Å². The van der Waals surface area contributed by atoms with E-state index in [-0.39, 0.29) is 4.90 Å². The van der Waals surface area contributed by atoms with E-state index in [1.54, 1.807) is 18.2 Å². The van der Waals surface area contributed by atoms with Gasteiger partial charge >= 0.3 is 5.69 Å². The molecule has 0 amide bonds. The van der Waals surface area contributed by atoms with Crippen molar-refractivity contribution in [2.75, 3.05) is 11.4 Å². The summed E-state index contributed by atoms with van der Waals surface area (Å²) in [5.74, 6) is -1.19. The van der Waals surface area contributed by atoms with E-state index in [2.05, 4.69) is 0 Å². The summed E-state index contributed by atoms with van der Waals surface area (Å²) in [6.07, 6.45) is 0. The lowest BCUT2D eigenvalue weighted by atomic mass is 10.2. The normalized spacial score (nSPS) is 11.2. The molecular weight excluding hydrogens is 311 g/mol. The van der Waals surface area contributed by atoms with Gasteiger partial charge in [-0.25, -0.2) is 8.42 Å². The van der Waals surface area contributed by atoms with Gasteiger partial charge in [0.25, 0.3) is 10.0 Å². The number of benzene rings is 2. The van der Waals surface area contributed by atoms with E-state index in [0.29, 0.717) is 11.8 Å². The van der Waals surface area contributed by atoms with Crippen LogP contribution in [0.3, 0.4) is 0 Å². The largest absolute Gasteiger partial charge is 0.304 e. The highest BCUT2D eigenvalue weighted by Gasteiger charge is 2.24. The van der Waals surface area contributed by atoms with Gasteiger partial charge in [-0.3, -0.25) is 14.4 Å². The summed E-state index contributed by atoms with van der Waals surface area (Å²) in [4.78, 5) is 9.33. The topological polar surface area (TPSA) is 80.5 Å². The minimum Gasteiger partial charge on any atom is -0.269 e. The number of nitrogens with zero attached hydrogens (tertiary/aromatic N) is 2. The first-order chi connectivity index (χ1) is 10.2. The van der Waals surface area contributed by atoms with E-state index in [1.165, 1.54) is 7.05 Å². The monoisotopic (exact) mass is 324 g/mol. The van der Waals surface area contributed by atoms with Crippen molar-refractivity contribution in [2.24, 2.45) is 0 Å². The highest BCUT2D eigenvalue weighted by molar-refractivity contribution is 7.92. The van der Waals surface area contributed by atoms with Crippen molar-refractivity contribution >= 4 is 21.4 Å². The van der Waals surface area contributed by atoms with Crippen LogP contribution in [0, 0.1) is 22.9 Å². The summed E-state index contributed by atoms with van der Waals surface area (Å²) in [6.45, 7) is 1.81. The third kappa shape index (κ3) is 2.91. The first kappa shape index (κ1) is 15.9. The molecule has 0 aliphatic carbocycles. The Balaban J connectivity index is 2.46. The Kier molecular flexibility index (Phi) is 4.14. The van der Waals surface area contributed by atoms with Crippen molar-refractivity contribution in [2.45, 2.75) is 11.8 Å². The Bertz CT molecular complexity index is 836. The van der Waals surface area contributed by atoms with Gasteiger partial charge < -0.3 is 0 Å². The lowest BCUT2D eigenvalue weighted by Crippen LogP contribution is -2.26. The van der Waals surface area contributed by atoms with Crippen LogP contribution in [-0.2, 0) is 10.0 Å². The first-order valence-corrected chi connectivity index (χ1v) is 7.67. The molecule has 0 saturated heterocycles. The third-order valence-electron chi connectivity index (χ3n) is 3.14. The Morgan fingerprint density at radius 3 is 2.41 bits per heavy atom. The molecule has 2 aromatic rings. The molecule has 6 nitrogen and oxygen atoms in total. The highest BCUT2D eigenvalue weighted by Crippen LogP contribution is 2.26. The Hall–Kier alpha value is -2.48. The van der Waals surface area contributed by atoms with E-state index in [9.17, 15) is 22.9 Å². The summed E-state index contributed by atoms with van der Waals surface area (Å²) in [5.41, 5.74) is 0.519. The maximum Gasteiger partial charge on any atom is 0.304 e. The van der Waals surface area contributed by atoms with Crippen LogP contribution in [0.15, 0.2) is 47.4 Å². The molecule has 0 aromatic heterocycles. The molecule has 0 bridgehead atoms. The predicted molar refractivity (Wildman–Crippen MR) is 79.8 cm³/mol. The molecule has 0 fully saturated rings. The van der Waals surface area contributed by atoms with Crippen LogP contribution < -0.4 is 4.31 Å². The molecule has 0 aliphatic heterocycles. The maximum atomic E-state index is 13.6. The average molecular weight is 324 g/mol. The smallest absolute Gasteiger partial charge is 0.269 e. The van der Waals surface area contributed by atoms with Crippen molar-refractivity contribution in [1.29, 1.82) is 0 Å². The molecule has 2 aromatic carbocycles. The van der Waals surface area contributed by atoms with Crippen molar-refractivity contribution < 1.29 is 17.7 Å². The predicted octanol–water partition coefficient (Wildman–Crippen LogP) is 2.87. The second-order valence-corrected chi connectivity index (χ2v) is 6.65. The molecule has 0 atom stereocenters. The zero-order valence-electron chi connectivity index (χ0n) is 11.9. The van der Waals surface area contributed by atoms with E-state index in [0.717, 1.165) is 22.0 Å². The second-order valence-electron chi connectivity index (χ2n) is 4.68. The zero-order valence-corrected chi connectivity index (χ0v) is 12.7. The average Bonchev–Trinajstić information content (AvgIpc) is 2.45. The molecule has 0 heterocycles. The van der Waals surface area contributed by atoms with Gasteiger partial charge in [0.15, 0.2) is 0 Å². The van der Waals surface area contributed by atoms with Crippen LogP contribution in [0.4, 0.5) is 15.8 Å². The number of anilines is 1. The van der Waals surface area contributed by atoms with Gasteiger partial charge in [-0.15, -0.1) is 0 Å². The summed E-state index contributed by atoms with van der Waals surface area (Å²) in [6, 6.07) is 9.29. The minimum absolute atomic E-state index is 0.348. The molecule has 116 valence electrons. The fourth-order valence-electron chi connectivity index (χ4n) is 1.92. The van der Waals surface area contributed by atoms with Crippen LogP contribution in [0.1, 0.15) is 5.56 Å². The quantitative estimate of drug-likeness (QED) is 0.640. The molecule has 0 spiro atoms. The maximum absolute atomic E-state index is 13.6. The Morgan fingerprint density at radius 1 is 1.18 bits per heavy atom. The number of nitro groups is 1.